The van der Waals surface area contributed by atoms with Crippen molar-refractivity contribution >= 4 is 40.5 Å². The van der Waals surface area contributed by atoms with E-state index in [1.54, 1.807) is 24.4 Å². The van der Waals surface area contributed by atoms with Crippen LogP contribution >= 0.6 is 11.6 Å². The lowest BCUT2D eigenvalue weighted by molar-refractivity contribution is -0.116. The third kappa shape index (κ3) is 8.88. The average molecular weight is 545 g/mol. The monoisotopic (exact) mass is 544 g/mol. The van der Waals surface area contributed by atoms with Gasteiger partial charge in [0.1, 0.15) is 11.6 Å². The van der Waals surface area contributed by atoms with E-state index in [0.717, 1.165) is 26.1 Å². The van der Waals surface area contributed by atoms with E-state index in [9.17, 15) is 14.3 Å². The van der Waals surface area contributed by atoms with E-state index < -0.39 is 5.82 Å². The summed E-state index contributed by atoms with van der Waals surface area (Å²) < 4.78 is 14.5. The lowest BCUT2D eigenvalue weighted by atomic mass is 10.1. The lowest BCUT2D eigenvalue weighted by Gasteiger charge is -2.21. The van der Waals surface area contributed by atoms with Gasteiger partial charge in [0, 0.05) is 61.1 Å². The standard InChI is InChI=1S/C26H34ClFN8O2/c1-3-11-36(13-9-29-2)12-7-25(38)33-24-16-19(6-8-30-24)32-23-17-22(34-35-26(23)31-10-14-37)20-15-18(27)4-5-21(20)28/h4-6,8,15-17,29,37H,3,7,9-14H2,1-2H3,(H,31,35)(H2,30,32,33,34,38). The number of benzene rings is 1. The van der Waals surface area contributed by atoms with Crippen LogP contribution in [0.2, 0.25) is 5.02 Å². The Bertz CT molecular complexity index is 1200. The van der Waals surface area contributed by atoms with E-state index >= 15 is 0 Å². The Hall–Kier alpha value is -3.38. The Kier molecular flexibility index (Phi) is 11.6. The third-order valence-electron chi connectivity index (χ3n) is 5.58. The molecule has 0 saturated carbocycles. The van der Waals surface area contributed by atoms with Crippen molar-refractivity contribution < 1.29 is 14.3 Å². The molecule has 2 heterocycles. The zero-order valence-electron chi connectivity index (χ0n) is 21.6. The summed E-state index contributed by atoms with van der Waals surface area (Å²) in [5.74, 6) is 0.147. The number of halogens is 2. The number of amides is 1. The van der Waals surface area contributed by atoms with E-state index in [1.165, 1.54) is 18.2 Å². The molecule has 0 aliphatic rings. The first kappa shape index (κ1) is 29.2. The fourth-order valence-corrected chi connectivity index (χ4v) is 3.91. The second kappa shape index (κ2) is 15.1. The second-order valence-electron chi connectivity index (χ2n) is 8.56. The number of aromatic nitrogens is 3. The van der Waals surface area contributed by atoms with Gasteiger partial charge in [-0.05, 0) is 50.3 Å². The third-order valence-corrected chi connectivity index (χ3v) is 5.82. The predicted octanol–water partition coefficient (Wildman–Crippen LogP) is 3.74. The minimum atomic E-state index is -0.483. The number of hydrogen-bond donors (Lipinski definition) is 5. The Labute approximate surface area is 227 Å². The molecule has 3 rings (SSSR count). The molecule has 0 saturated heterocycles. The molecule has 10 nitrogen and oxygen atoms in total. The van der Waals surface area contributed by atoms with Crippen LogP contribution in [0.15, 0.2) is 42.6 Å². The normalized spacial score (nSPS) is 11.0. The van der Waals surface area contributed by atoms with Gasteiger partial charge in [-0.2, -0.15) is 0 Å². The van der Waals surface area contributed by atoms with Crippen LogP contribution in [0.3, 0.4) is 0 Å². The fraction of sp³-hybridized carbons (Fsp3) is 0.385. The van der Waals surface area contributed by atoms with Gasteiger partial charge in [-0.15, -0.1) is 10.2 Å². The molecule has 3 aromatic rings. The Morgan fingerprint density at radius 1 is 1.11 bits per heavy atom. The zero-order chi connectivity index (χ0) is 27.3. The minimum absolute atomic E-state index is 0.109. The molecule has 12 heteroatoms. The molecule has 1 aromatic carbocycles. The smallest absolute Gasteiger partial charge is 0.226 e. The van der Waals surface area contributed by atoms with Gasteiger partial charge < -0.3 is 31.3 Å². The Morgan fingerprint density at radius 2 is 1.95 bits per heavy atom. The van der Waals surface area contributed by atoms with E-state index in [1.807, 2.05) is 7.05 Å². The molecule has 0 radical (unpaired) electrons. The number of rotatable bonds is 15. The van der Waals surface area contributed by atoms with Crippen LogP contribution in [-0.4, -0.2) is 77.5 Å². The zero-order valence-corrected chi connectivity index (χ0v) is 22.4. The van der Waals surface area contributed by atoms with Crippen LogP contribution in [0.5, 0.6) is 0 Å². The van der Waals surface area contributed by atoms with E-state index in [4.69, 9.17) is 11.6 Å². The molecule has 38 heavy (non-hydrogen) atoms. The van der Waals surface area contributed by atoms with Gasteiger partial charge in [0.2, 0.25) is 5.91 Å². The molecule has 204 valence electrons. The van der Waals surface area contributed by atoms with Crippen molar-refractivity contribution in [1.29, 1.82) is 0 Å². The van der Waals surface area contributed by atoms with Crippen molar-refractivity contribution in [2.75, 3.05) is 62.3 Å². The topological polar surface area (TPSA) is 127 Å². The summed E-state index contributed by atoms with van der Waals surface area (Å²) >= 11 is 6.06. The minimum Gasteiger partial charge on any atom is -0.395 e. The first-order valence-corrected chi connectivity index (χ1v) is 12.9. The molecule has 0 bridgehead atoms. The van der Waals surface area contributed by atoms with Crippen molar-refractivity contribution in [1.82, 2.24) is 25.4 Å². The van der Waals surface area contributed by atoms with Crippen molar-refractivity contribution in [3.8, 4) is 11.3 Å². The van der Waals surface area contributed by atoms with Gasteiger partial charge in [0.25, 0.3) is 0 Å². The maximum Gasteiger partial charge on any atom is 0.226 e. The van der Waals surface area contributed by atoms with Gasteiger partial charge >= 0.3 is 0 Å². The van der Waals surface area contributed by atoms with E-state index in [2.05, 4.69) is 48.3 Å². The van der Waals surface area contributed by atoms with Crippen LogP contribution in [0, 0.1) is 5.82 Å². The van der Waals surface area contributed by atoms with Crippen LogP contribution in [0.4, 0.5) is 27.4 Å². The number of anilines is 4. The fourth-order valence-electron chi connectivity index (χ4n) is 3.74. The van der Waals surface area contributed by atoms with Gasteiger partial charge in [-0.3, -0.25) is 4.79 Å². The molecule has 0 atom stereocenters. The Balaban J connectivity index is 1.74. The van der Waals surface area contributed by atoms with Crippen molar-refractivity contribution in [2.45, 2.75) is 19.8 Å². The van der Waals surface area contributed by atoms with E-state index in [0.29, 0.717) is 41.0 Å². The number of hydrogen-bond acceptors (Lipinski definition) is 9. The first-order valence-electron chi connectivity index (χ1n) is 12.5. The van der Waals surface area contributed by atoms with Crippen LogP contribution in [-0.2, 0) is 4.79 Å². The number of aliphatic hydroxyl groups is 1. The van der Waals surface area contributed by atoms with Crippen molar-refractivity contribution in [3.63, 3.8) is 0 Å². The SMILES string of the molecule is CCCN(CCNC)CCC(=O)Nc1cc(Nc2cc(-c3cc(Cl)ccc3F)nnc2NCCO)ccn1. The molecule has 0 aliphatic carbocycles. The number of aliphatic hydroxyl groups excluding tert-OH is 1. The summed E-state index contributed by atoms with van der Waals surface area (Å²) in [6.45, 7) is 5.58. The van der Waals surface area contributed by atoms with Gasteiger partial charge in [-0.25, -0.2) is 9.37 Å². The molecule has 0 unspecified atom stereocenters. The molecule has 5 N–H and O–H groups in total. The van der Waals surface area contributed by atoms with Gasteiger partial charge in [0.05, 0.1) is 18.0 Å². The summed E-state index contributed by atoms with van der Waals surface area (Å²) in [6, 6.07) is 9.26. The summed E-state index contributed by atoms with van der Waals surface area (Å²) in [5, 5.41) is 30.1. The number of carbonyl (C=O) groups is 1. The Morgan fingerprint density at radius 3 is 2.71 bits per heavy atom. The molecule has 0 fully saturated rings. The predicted molar refractivity (Wildman–Crippen MR) is 149 cm³/mol. The van der Waals surface area contributed by atoms with Gasteiger partial charge in [0.15, 0.2) is 5.82 Å². The largest absolute Gasteiger partial charge is 0.395 e. The highest BCUT2D eigenvalue weighted by Gasteiger charge is 2.14. The molecule has 2 aromatic heterocycles. The number of nitrogens with one attached hydrogen (secondary N) is 4. The molecular weight excluding hydrogens is 511 g/mol. The molecule has 0 spiro atoms. The highest BCUT2D eigenvalue weighted by atomic mass is 35.5. The maximum absolute atomic E-state index is 14.5. The molecular formula is C26H34ClFN8O2. The first-order chi connectivity index (χ1) is 18.4. The van der Waals surface area contributed by atoms with Crippen LogP contribution in [0.1, 0.15) is 19.8 Å². The number of carbonyl (C=O) groups excluding carboxylic acids is 1. The summed E-state index contributed by atoms with van der Waals surface area (Å²) in [7, 11) is 1.91. The van der Waals surface area contributed by atoms with Crippen molar-refractivity contribution in [3.05, 3.63) is 53.4 Å². The highest BCUT2D eigenvalue weighted by Crippen LogP contribution is 2.30. The highest BCUT2D eigenvalue weighted by molar-refractivity contribution is 6.30. The number of nitrogens with zero attached hydrogens (tertiary/aromatic N) is 4. The van der Waals surface area contributed by atoms with Crippen LogP contribution in [0.25, 0.3) is 11.3 Å². The average Bonchev–Trinajstić information content (AvgIpc) is 2.91. The van der Waals surface area contributed by atoms with Crippen LogP contribution < -0.4 is 21.3 Å². The van der Waals surface area contributed by atoms with Gasteiger partial charge in [-0.1, -0.05) is 18.5 Å². The summed E-state index contributed by atoms with van der Waals surface area (Å²) in [5.41, 5.74) is 1.59. The lowest BCUT2D eigenvalue weighted by Crippen LogP contribution is -2.34. The maximum atomic E-state index is 14.5. The number of likely N-dealkylation sites (N-methyl/N-ethyl adjacent to an activating group) is 1. The quantitative estimate of drug-likeness (QED) is 0.194. The molecule has 0 aliphatic heterocycles. The van der Waals surface area contributed by atoms with Crippen molar-refractivity contribution in [2.24, 2.45) is 0 Å². The number of pyridine rings is 1. The second-order valence-corrected chi connectivity index (χ2v) is 9.00. The van der Waals surface area contributed by atoms with E-state index in [-0.39, 0.29) is 30.3 Å². The summed E-state index contributed by atoms with van der Waals surface area (Å²) in [4.78, 5) is 19.1. The summed E-state index contributed by atoms with van der Waals surface area (Å²) in [6.07, 6.45) is 2.94. The molecule has 1 amide bonds.